The molecule has 0 saturated carbocycles. The fourth-order valence-electron chi connectivity index (χ4n) is 3.48. The Bertz CT molecular complexity index is 730. The van der Waals surface area contributed by atoms with Gasteiger partial charge in [0.1, 0.15) is 6.04 Å². The summed E-state index contributed by atoms with van der Waals surface area (Å²) >= 11 is 0. The highest BCUT2D eigenvalue weighted by Crippen LogP contribution is 2.29. The third-order valence-electron chi connectivity index (χ3n) is 4.96. The van der Waals surface area contributed by atoms with E-state index in [1.165, 1.54) is 0 Å². The van der Waals surface area contributed by atoms with Crippen LogP contribution in [0.4, 0.5) is 5.69 Å². The topological polar surface area (TPSA) is 52.6 Å². The van der Waals surface area contributed by atoms with Crippen LogP contribution in [0.15, 0.2) is 48.5 Å². The molecule has 2 N–H and O–H groups in total. The van der Waals surface area contributed by atoms with Gasteiger partial charge in [0, 0.05) is 18.8 Å². The summed E-state index contributed by atoms with van der Waals surface area (Å²) in [5.41, 5.74) is 4.03. The molecule has 4 nitrogen and oxygen atoms in total. The molecule has 132 valence electrons. The zero-order chi connectivity index (χ0) is 17.8. The van der Waals surface area contributed by atoms with Crippen LogP contribution in [0.1, 0.15) is 29.2 Å². The molecule has 1 aliphatic rings. The van der Waals surface area contributed by atoms with Crippen molar-refractivity contribution in [3.8, 4) is 0 Å². The minimum Gasteiger partial charge on any atom is -0.396 e. The zero-order valence-corrected chi connectivity index (χ0v) is 14.9. The lowest BCUT2D eigenvalue weighted by molar-refractivity contribution is -0.121. The first-order valence-corrected chi connectivity index (χ1v) is 8.86. The molecular formula is C21H26N2O2. The van der Waals surface area contributed by atoms with Gasteiger partial charge in [0.25, 0.3) is 0 Å². The van der Waals surface area contributed by atoms with Gasteiger partial charge in [-0.2, -0.15) is 0 Å². The monoisotopic (exact) mass is 338 g/mol. The summed E-state index contributed by atoms with van der Waals surface area (Å²) < 4.78 is 0. The number of carbonyl (C=O) groups excluding carboxylic acids is 1. The van der Waals surface area contributed by atoms with Crippen LogP contribution in [0.25, 0.3) is 0 Å². The first kappa shape index (κ1) is 17.6. The molecule has 0 aromatic heterocycles. The van der Waals surface area contributed by atoms with E-state index >= 15 is 0 Å². The Morgan fingerprint density at radius 2 is 2.00 bits per heavy atom. The van der Waals surface area contributed by atoms with Gasteiger partial charge in [-0.05, 0) is 55.5 Å². The molecule has 25 heavy (non-hydrogen) atoms. The summed E-state index contributed by atoms with van der Waals surface area (Å²) in [5.74, 6) is 0.234. The number of aliphatic hydroxyl groups excluding tert-OH is 1. The van der Waals surface area contributed by atoms with Crippen LogP contribution in [0, 0.1) is 19.8 Å². The molecule has 4 heteroatoms. The number of nitrogens with one attached hydrogen (secondary N) is 1. The molecule has 0 aliphatic carbocycles. The minimum absolute atomic E-state index is 0.0153. The zero-order valence-electron chi connectivity index (χ0n) is 14.9. The molecular weight excluding hydrogens is 312 g/mol. The van der Waals surface area contributed by atoms with E-state index in [0.29, 0.717) is 0 Å². The molecule has 1 saturated heterocycles. The number of amides is 1. The van der Waals surface area contributed by atoms with Crippen molar-refractivity contribution in [3.63, 3.8) is 0 Å². The van der Waals surface area contributed by atoms with E-state index in [9.17, 15) is 9.90 Å². The Balaban J connectivity index is 1.86. The van der Waals surface area contributed by atoms with E-state index in [-0.39, 0.29) is 24.5 Å². The van der Waals surface area contributed by atoms with Gasteiger partial charge in [0.05, 0.1) is 0 Å². The van der Waals surface area contributed by atoms with Gasteiger partial charge in [0.2, 0.25) is 5.91 Å². The second-order valence-electron chi connectivity index (χ2n) is 6.95. The summed E-state index contributed by atoms with van der Waals surface area (Å²) in [6, 6.07) is 15.6. The number of aryl methyl sites for hydroxylation is 2. The average Bonchev–Trinajstić information content (AvgIpc) is 3.08. The molecule has 1 aliphatic heterocycles. The van der Waals surface area contributed by atoms with E-state index < -0.39 is 0 Å². The van der Waals surface area contributed by atoms with Gasteiger partial charge in [-0.3, -0.25) is 9.69 Å². The number of benzene rings is 2. The Morgan fingerprint density at radius 1 is 1.24 bits per heavy atom. The van der Waals surface area contributed by atoms with Gasteiger partial charge in [-0.1, -0.05) is 42.5 Å². The van der Waals surface area contributed by atoms with Crippen molar-refractivity contribution >= 4 is 11.6 Å². The maximum absolute atomic E-state index is 13.1. The quantitative estimate of drug-likeness (QED) is 0.879. The first-order chi connectivity index (χ1) is 12.1. The Hall–Kier alpha value is -2.17. The summed E-state index contributed by atoms with van der Waals surface area (Å²) in [7, 11) is 0. The highest BCUT2D eigenvalue weighted by Gasteiger charge is 2.33. The largest absolute Gasteiger partial charge is 0.396 e. The minimum atomic E-state index is -0.335. The number of anilines is 1. The highest BCUT2D eigenvalue weighted by atomic mass is 16.3. The van der Waals surface area contributed by atoms with Crippen molar-refractivity contribution in [2.75, 3.05) is 25.0 Å². The van der Waals surface area contributed by atoms with E-state index in [0.717, 1.165) is 41.9 Å². The van der Waals surface area contributed by atoms with Crippen LogP contribution >= 0.6 is 0 Å². The maximum atomic E-state index is 13.1. The van der Waals surface area contributed by atoms with Crippen LogP contribution in [0.3, 0.4) is 0 Å². The molecule has 3 rings (SSSR count). The fraction of sp³-hybridized carbons (Fsp3) is 0.381. The molecule has 1 heterocycles. The molecule has 0 bridgehead atoms. The summed E-state index contributed by atoms with van der Waals surface area (Å²) in [5, 5.41) is 12.6. The van der Waals surface area contributed by atoms with Crippen LogP contribution in [-0.2, 0) is 4.79 Å². The van der Waals surface area contributed by atoms with E-state index in [4.69, 9.17) is 0 Å². The average molecular weight is 338 g/mol. The molecule has 2 aromatic rings. The summed E-state index contributed by atoms with van der Waals surface area (Å²) in [6.45, 7) is 5.78. The highest BCUT2D eigenvalue weighted by molar-refractivity contribution is 5.96. The predicted octanol–water partition coefficient (Wildman–Crippen LogP) is 3.30. The van der Waals surface area contributed by atoms with Crippen molar-refractivity contribution in [1.82, 2.24) is 4.90 Å². The van der Waals surface area contributed by atoms with E-state index in [2.05, 4.69) is 10.2 Å². The number of nitrogens with zero attached hydrogens (tertiary/aromatic N) is 1. The molecule has 0 radical (unpaired) electrons. The van der Waals surface area contributed by atoms with E-state index in [1.54, 1.807) is 0 Å². The number of hydrogen-bond acceptors (Lipinski definition) is 3. The molecule has 0 unspecified atom stereocenters. The molecule has 2 aromatic carbocycles. The third-order valence-corrected chi connectivity index (χ3v) is 4.96. The smallest absolute Gasteiger partial charge is 0.246 e. The van der Waals surface area contributed by atoms with Crippen LogP contribution in [0.5, 0.6) is 0 Å². The van der Waals surface area contributed by atoms with Crippen LogP contribution in [0.2, 0.25) is 0 Å². The van der Waals surface area contributed by atoms with Crippen molar-refractivity contribution < 1.29 is 9.90 Å². The van der Waals surface area contributed by atoms with Gasteiger partial charge in [0.15, 0.2) is 0 Å². The van der Waals surface area contributed by atoms with Crippen molar-refractivity contribution in [3.05, 3.63) is 65.2 Å². The number of hydrogen-bond donors (Lipinski definition) is 2. The lowest BCUT2D eigenvalue weighted by atomic mass is 10.0. The molecule has 2 atom stereocenters. The standard InChI is InChI=1S/C21H26N2O2/c1-15-8-9-16(2)19(12-15)22-21(25)20(18-6-4-3-5-7-18)23-11-10-17(13-23)14-24/h3-9,12,17,20,24H,10-11,13-14H2,1-2H3,(H,22,25)/t17-,20+/m1/s1. The van der Waals surface area contributed by atoms with Crippen LogP contribution in [-0.4, -0.2) is 35.6 Å². The maximum Gasteiger partial charge on any atom is 0.246 e. The molecule has 0 spiro atoms. The molecule has 1 amide bonds. The van der Waals surface area contributed by atoms with Crippen molar-refractivity contribution in [1.29, 1.82) is 0 Å². The number of likely N-dealkylation sites (tertiary alicyclic amines) is 1. The third kappa shape index (κ3) is 4.09. The first-order valence-electron chi connectivity index (χ1n) is 8.86. The fourth-order valence-corrected chi connectivity index (χ4v) is 3.48. The summed E-state index contributed by atoms with van der Waals surface area (Å²) in [4.78, 5) is 15.3. The van der Waals surface area contributed by atoms with E-state index in [1.807, 2.05) is 62.4 Å². The Morgan fingerprint density at radius 3 is 2.68 bits per heavy atom. The van der Waals surface area contributed by atoms with Gasteiger partial charge in [-0.15, -0.1) is 0 Å². The summed E-state index contributed by atoms with van der Waals surface area (Å²) in [6.07, 6.45) is 0.927. The van der Waals surface area contributed by atoms with Crippen LogP contribution < -0.4 is 5.32 Å². The number of carbonyl (C=O) groups is 1. The van der Waals surface area contributed by atoms with Gasteiger partial charge < -0.3 is 10.4 Å². The molecule has 1 fully saturated rings. The SMILES string of the molecule is Cc1ccc(C)c(NC(=O)[C@H](c2ccccc2)N2CC[C@@H](CO)C2)c1. The second kappa shape index (κ2) is 7.81. The normalized spacial score (nSPS) is 18.9. The number of rotatable bonds is 5. The number of aliphatic hydroxyl groups is 1. The van der Waals surface area contributed by atoms with Crippen molar-refractivity contribution in [2.45, 2.75) is 26.3 Å². The predicted molar refractivity (Wildman–Crippen MR) is 100 cm³/mol. The lowest BCUT2D eigenvalue weighted by Gasteiger charge is -2.27. The van der Waals surface area contributed by atoms with Gasteiger partial charge in [-0.25, -0.2) is 0 Å². The van der Waals surface area contributed by atoms with Gasteiger partial charge >= 0.3 is 0 Å². The lowest BCUT2D eigenvalue weighted by Crippen LogP contribution is -2.36. The second-order valence-corrected chi connectivity index (χ2v) is 6.95. The van der Waals surface area contributed by atoms with Crippen molar-refractivity contribution in [2.24, 2.45) is 5.92 Å². The Labute approximate surface area is 149 Å². The Kier molecular flexibility index (Phi) is 5.51.